The normalized spacial score (nSPS) is 11.8. The molecule has 0 saturated heterocycles. The Kier molecular flexibility index (Phi) is 3.56. The van der Waals surface area contributed by atoms with Gasteiger partial charge in [-0.25, -0.2) is 4.79 Å². The van der Waals surface area contributed by atoms with E-state index in [0.29, 0.717) is 5.69 Å². The summed E-state index contributed by atoms with van der Waals surface area (Å²) < 4.78 is 4.82. The molecule has 1 amide bonds. The van der Waals surface area contributed by atoms with E-state index in [2.05, 4.69) is 10.2 Å². The number of rotatable bonds is 4. The van der Waals surface area contributed by atoms with E-state index in [1.807, 2.05) is 18.2 Å². The van der Waals surface area contributed by atoms with E-state index < -0.39 is 18.0 Å². The van der Waals surface area contributed by atoms with Crippen LogP contribution in [-0.4, -0.2) is 33.0 Å². The number of para-hydroxylation sites is 1. The Morgan fingerprint density at radius 2 is 2.00 bits per heavy atom. The molecule has 0 saturated carbocycles. The van der Waals surface area contributed by atoms with Gasteiger partial charge in [-0.3, -0.25) is 4.79 Å². The van der Waals surface area contributed by atoms with Crippen molar-refractivity contribution >= 4 is 11.9 Å². The fourth-order valence-electron chi connectivity index (χ4n) is 1.32. The van der Waals surface area contributed by atoms with Gasteiger partial charge in [0.2, 0.25) is 0 Å². The Hall–Kier alpha value is -2.70. The number of hydrogen-bond acceptors (Lipinski definition) is 5. The van der Waals surface area contributed by atoms with Crippen molar-refractivity contribution in [1.29, 1.82) is 0 Å². The van der Waals surface area contributed by atoms with Gasteiger partial charge in [0.25, 0.3) is 5.91 Å². The summed E-state index contributed by atoms with van der Waals surface area (Å²) in [6.45, 7) is 1.39. The molecule has 1 aromatic carbocycles. The highest BCUT2D eigenvalue weighted by atomic mass is 16.5. The molecule has 7 heteroatoms. The van der Waals surface area contributed by atoms with Crippen molar-refractivity contribution in [2.24, 2.45) is 5.73 Å². The molecule has 0 unspecified atom stereocenters. The van der Waals surface area contributed by atoms with Gasteiger partial charge in [0.05, 0.1) is 11.9 Å². The molecule has 2 N–H and O–H groups in total. The second-order valence-corrected chi connectivity index (χ2v) is 3.80. The van der Waals surface area contributed by atoms with E-state index in [9.17, 15) is 9.59 Å². The quantitative estimate of drug-likeness (QED) is 0.797. The van der Waals surface area contributed by atoms with Gasteiger partial charge >= 0.3 is 5.97 Å². The third-order valence-electron chi connectivity index (χ3n) is 2.37. The van der Waals surface area contributed by atoms with Crippen LogP contribution < -0.4 is 5.73 Å². The number of esters is 1. The Bertz CT molecular complexity index is 594. The minimum Gasteiger partial charge on any atom is -0.448 e. The predicted molar refractivity (Wildman–Crippen MR) is 65.4 cm³/mol. The number of carbonyl (C=O) groups excluding carboxylic acids is 2. The SMILES string of the molecule is C[C@@H](OC(=O)c1cnn(-c2ccccc2)n1)C(N)=O. The van der Waals surface area contributed by atoms with Crippen LogP contribution in [0.25, 0.3) is 5.69 Å². The van der Waals surface area contributed by atoms with Gasteiger partial charge in [0, 0.05) is 0 Å². The number of aromatic nitrogens is 3. The monoisotopic (exact) mass is 260 g/mol. The first-order valence-electron chi connectivity index (χ1n) is 5.56. The van der Waals surface area contributed by atoms with Crippen molar-refractivity contribution in [3.63, 3.8) is 0 Å². The summed E-state index contributed by atoms with van der Waals surface area (Å²) in [6.07, 6.45) is 0.262. The number of primary amides is 1. The van der Waals surface area contributed by atoms with Crippen LogP contribution in [0.2, 0.25) is 0 Å². The molecule has 1 heterocycles. The Morgan fingerprint density at radius 1 is 1.32 bits per heavy atom. The van der Waals surface area contributed by atoms with Crippen molar-refractivity contribution in [2.75, 3.05) is 0 Å². The van der Waals surface area contributed by atoms with E-state index in [-0.39, 0.29) is 5.69 Å². The Balaban J connectivity index is 2.13. The highest BCUT2D eigenvalue weighted by Crippen LogP contribution is 2.05. The first kappa shape index (κ1) is 12.7. The molecule has 7 nitrogen and oxygen atoms in total. The summed E-state index contributed by atoms with van der Waals surface area (Å²) in [5.74, 6) is -1.46. The fraction of sp³-hybridized carbons (Fsp3) is 0.167. The smallest absolute Gasteiger partial charge is 0.361 e. The van der Waals surface area contributed by atoms with Crippen molar-refractivity contribution < 1.29 is 14.3 Å². The molecule has 1 atom stereocenters. The molecule has 2 aromatic rings. The second kappa shape index (κ2) is 5.30. The van der Waals surface area contributed by atoms with Gasteiger partial charge in [0.1, 0.15) is 0 Å². The van der Waals surface area contributed by atoms with E-state index in [0.717, 1.165) is 0 Å². The van der Waals surface area contributed by atoms with Gasteiger partial charge in [0.15, 0.2) is 11.8 Å². The largest absolute Gasteiger partial charge is 0.448 e. The number of amides is 1. The zero-order chi connectivity index (χ0) is 13.8. The first-order valence-corrected chi connectivity index (χ1v) is 5.56. The number of nitrogens with zero attached hydrogens (tertiary/aromatic N) is 3. The zero-order valence-corrected chi connectivity index (χ0v) is 10.2. The van der Waals surface area contributed by atoms with Crippen molar-refractivity contribution in [3.05, 3.63) is 42.2 Å². The lowest BCUT2D eigenvalue weighted by molar-refractivity contribution is -0.125. The number of benzene rings is 1. The van der Waals surface area contributed by atoms with E-state index in [4.69, 9.17) is 10.5 Å². The molecular weight excluding hydrogens is 248 g/mol. The molecule has 0 radical (unpaired) electrons. The lowest BCUT2D eigenvalue weighted by Gasteiger charge is -2.07. The van der Waals surface area contributed by atoms with Crippen molar-refractivity contribution in [2.45, 2.75) is 13.0 Å². The average Bonchev–Trinajstić information content (AvgIpc) is 2.89. The lowest BCUT2D eigenvalue weighted by atomic mass is 10.3. The third-order valence-corrected chi connectivity index (χ3v) is 2.37. The summed E-state index contributed by atoms with van der Waals surface area (Å²) in [5.41, 5.74) is 5.72. The summed E-state index contributed by atoms with van der Waals surface area (Å²) >= 11 is 0. The zero-order valence-electron chi connectivity index (χ0n) is 10.2. The van der Waals surface area contributed by atoms with Crippen LogP contribution in [0.15, 0.2) is 36.5 Å². The molecule has 0 spiro atoms. The van der Waals surface area contributed by atoms with Crippen LogP contribution in [0, 0.1) is 0 Å². The highest BCUT2D eigenvalue weighted by molar-refractivity contribution is 5.89. The molecule has 0 bridgehead atoms. The molecular formula is C12H12N4O3. The van der Waals surface area contributed by atoms with Gasteiger partial charge < -0.3 is 10.5 Å². The van der Waals surface area contributed by atoms with E-state index in [1.165, 1.54) is 17.9 Å². The second-order valence-electron chi connectivity index (χ2n) is 3.80. The summed E-state index contributed by atoms with van der Waals surface area (Å²) in [6, 6.07) is 9.09. The lowest BCUT2D eigenvalue weighted by Crippen LogP contribution is -2.30. The maximum Gasteiger partial charge on any atom is 0.361 e. The topological polar surface area (TPSA) is 100 Å². The van der Waals surface area contributed by atoms with E-state index >= 15 is 0 Å². The number of hydrogen-bond donors (Lipinski definition) is 1. The molecule has 2 rings (SSSR count). The standard InChI is InChI=1S/C12H12N4O3/c1-8(11(13)17)19-12(18)10-7-14-16(15-10)9-5-3-2-4-6-9/h2-8H,1H3,(H2,13,17)/t8-/m1/s1. The third kappa shape index (κ3) is 2.95. The minimum absolute atomic E-state index is 0.0111. The van der Waals surface area contributed by atoms with Gasteiger partial charge in [-0.1, -0.05) is 18.2 Å². The summed E-state index contributed by atoms with van der Waals surface area (Å²) in [5, 5.41) is 7.92. The maximum absolute atomic E-state index is 11.7. The number of ether oxygens (including phenoxy) is 1. The fourth-order valence-corrected chi connectivity index (χ4v) is 1.32. The van der Waals surface area contributed by atoms with Gasteiger partial charge in [-0.05, 0) is 19.1 Å². The van der Waals surface area contributed by atoms with Crippen LogP contribution in [0.4, 0.5) is 0 Å². The van der Waals surface area contributed by atoms with Crippen LogP contribution in [-0.2, 0) is 9.53 Å². The van der Waals surface area contributed by atoms with E-state index in [1.54, 1.807) is 12.1 Å². The molecule has 0 aliphatic rings. The predicted octanol–water partition coefficient (Wildman–Crippen LogP) is 0.298. The number of carbonyl (C=O) groups is 2. The molecule has 0 fully saturated rings. The minimum atomic E-state index is -1.01. The van der Waals surface area contributed by atoms with Crippen molar-refractivity contribution in [1.82, 2.24) is 15.0 Å². The van der Waals surface area contributed by atoms with Crippen LogP contribution in [0.1, 0.15) is 17.4 Å². The summed E-state index contributed by atoms with van der Waals surface area (Å²) in [4.78, 5) is 23.8. The molecule has 0 aliphatic carbocycles. The molecule has 19 heavy (non-hydrogen) atoms. The van der Waals surface area contributed by atoms with Crippen molar-refractivity contribution in [3.8, 4) is 5.69 Å². The Morgan fingerprint density at radius 3 is 2.63 bits per heavy atom. The molecule has 0 aliphatic heterocycles. The number of nitrogens with two attached hydrogens (primary N) is 1. The maximum atomic E-state index is 11.7. The Labute approximate surface area is 109 Å². The first-order chi connectivity index (χ1) is 9.08. The van der Waals surface area contributed by atoms with Crippen LogP contribution in [0.3, 0.4) is 0 Å². The van der Waals surface area contributed by atoms with Gasteiger partial charge in [-0.15, -0.1) is 5.10 Å². The average molecular weight is 260 g/mol. The summed E-state index contributed by atoms with van der Waals surface area (Å²) in [7, 11) is 0. The highest BCUT2D eigenvalue weighted by Gasteiger charge is 2.19. The molecule has 98 valence electrons. The van der Waals surface area contributed by atoms with Crippen LogP contribution >= 0.6 is 0 Å². The van der Waals surface area contributed by atoms with Crippen LogP contribution in [0.5, 0.6) is 0 Å². The molecule has 1 aromatic heterocycles. The van der Waals surface area contributed by atoms with Gasteiger partial charge in [-0.2, -0.15) is 9.90 Å².